The number of oxazole rings is 1. The highest BCUT2D eigenvalue weighted by atomic mass is 79.9. The number of fused-ring (bicyclic) bond motifs is 1. The highest BCUT2D eigenvalue weighted by Crippen LogP contribution is 2.27. The van der Waals surface area contributed by atoms with Crippen molar-refractivity contribution in [2.45, 2.75) is 0 Å². The molecule has 0 saturated heterocycles. The third kappa shape index (κ3) is 4.55. The molecular formula is C23H17BrN2O3. The van der Waals surface area contributed by atoms with Crippen LogP contribution < -0.4 is 10.1 Å². The van der Waals surface area contributed by atoms with E-state index in [1.165, 1.54) is 6.08 Å². The summed E-state index contributed by atoms with van der Waals surface area (Å²) < 4.78 is 12.0. The van der Waals surface area contributed by atoms with Crippen molar-refractivity contribution in [3.63, 3.8) is 0 Å². The molecule has 0 atom stereocenters. The molecule has 0 radical (unpaired) electrons. The van der Waals surface area contributed by atoms with Crippen molar-refractivity contribution in [2.24, 2.45) is 0 Å². The molecule has 29 heavy (non-hydrogen) atoms. The quantitative estimate of drug-likeness (QED) is 0.385. The molecule has 0 aliphatic rings. The minimum absolute atomic E-state index is 0.217. The molecule has 1 amide bonds. The predicted molar refractivity (Wildman–Crippen MR) is 118 cm³/mol. The molecule has 144 valence electrons. The Morgan fingerprint density at radius 2 is 1.83 bits per heavy atom. The summed E-state index contributed by atoms with van der Waals surface area (Å²) in [4.78, 5) is 16.7. The highest BCUT2D eigenvalue weighted by Gasteiger charge is 2.09. The number of amides is 1. The lowest BCUT2D eigenvalue weighted by molar-refractivity contribution is -0.111. The molecule has 6 heteroatoms. The lowest BCUT2D eigenvalue weighted by atomic mass is 10.2. The van der Waals surface area contributed by atoms with E-state index in [0.717, 1.165) is 21.3 Å². The average molecular weight is 449 g/mol. The second-order valence-corrected chi connectivity index (χ2v) is 7.22. The van der Waals surface area contributed by atoms with Gasteiger partial charge in [-0.05, 0) is 66.2 Å². The van der Waals surface area contributed by atoms with Crippen LogP contribution in [-0.2, 0) is 4.79 Å². The second kappa shape index (κ2) is 8.32. The number of aromatic nitrogens is 1. The molecule has 4 aromatic rings. The zero-order valence-electron chi connectivity index (χ0n) is 15.6. The number of benzene rings is 3. The molecule has 1 aromatic heterocycles. The summed E-state index contributed by atoms with van der Waals surface area (Å²) in [5, 5.41) is 2.85. The summed E-state index contributed by atoms with van der Waals surface area (Å²) in [5.74, 6) is 1.07. The van der Waals surface area contributed by atoms with Crippen LogP contribution in [0.15, 0.2) is 81.7 Å². The number of methoxy groups -OCH3 is 1. The van der Waals surface area contributed by atoms with Crippen LogP contribution in [0.4, 0.5) is 5.69 Å². The summed E-state index contributed by atoms with van der Waals surface area (Å²) in [7, 11) is 1.62. The number of halogens is 1. The van der Waals surface area contributed by atoms with Gasteiger partial charge in [0.1, 0.15) is 11.3 Å². The molecule has 5 nitrogen and oxygen atoms in total. The molecule has 1 N–H and O–H groups in total. The molecule has 0 saturated carbocycles. The number of nitrogens with one attached hydrogen (secondary N) is 1. The number of nitrogens with zero attached hydrogens (tertiary/aromatic N) is 1. The standard InChI is InChI=1S/C23H17BrN2O3/c1-28-19-10-5-16(6-11-19)23-26-20-14-18(9-12-21(20)29-23)25-22(27)13-4-15-2-7-17(24)8-3-15/h2-14H,1H3,(H,25,27)/b13-4+. The fourth-order valence-corrected chi connectivity index (χ4v) is 3.06. The van der Waals surface area contributed by atoms with E-state index in [4.69, 9.17) is 9.15 Å². The summed E-state index contributed by atoms with van der Waals surface area (Å²) in [6, 6.07) is 20.6. The predicted octanol–water partition coefficient (Wildman–Crippen LogP) is 5.92. The Morgan fingerprint density at radius 3 is 2.55 bits per heavy atom. The Hall–Kier alpha value is -3.38. The number of carbonyl (C=O) groups is 1. The Bertz CT molecular complexity index is 1180. The van der Waals surface area contributed by atoms with Gasteiger partial charge in [-0.15, -0.1) is 0 Å². The van der Waals surface area contributed by atoms with E-state index in [1.54, 1.807) is 31.4 Å². The molecular weight excluding hydrogens is 432 g/mol. The molecule has 3 aromatic carbocycles. The first-order chi connectivity index (χ1) is 14.1. The van der Waals surface area contributed by atoms with Gasteiger partial charge in [0, 0.05) is 21.8 Å². The molecule has 0 aliphatic heterocycles. The van der Waals surface area contributed by atoms with Gasteiger partial charge in [0.05, 0.1) is 7.11 Å². The number of carbonyl (C=O) groups excluding carboxylic acids is 1. The fourth-order valence-electron chi connectivity index (χ4n) is 2.79. The lowest BCUT2D eigenvalue weighted by Gasteiger charge is -2.01. The van der Waals surface area contributed by atoms with Crippen LogP contribution in [-0.4, -0.2) is 18.0 Å². The summed E-state index contributed by atoms with van der Waals surface area (Å²) in [5.41, 5.74) is 3.77. The zero-order valence-corrected chi connectivity index (χ0v) is 17.1. The van der Waals surface area contributed by atoms with E-state index < -0.39 is 0 Å². The minimum atomic E-state index is -0.217. The number of anilines is 1. The third-order valence-corrected chi connectivity index (χ3v) is 4.82. The smallest absolute Gasteiger partial charge is 0.248 e. The molecule has 0 unspecified atom stereocenters. The van der Waals surface area contributed by atoms with Gasteiger partial charge in [-0.2, -0.15) is 0 Å². The number of hydrogen-bond donors (Lipinski definition) is 1. The van der Waals surface area contributed by atoms with Crippen LogP contribution in [0.5, 0.6) is 5.75 Å². The van der Waals surface area contributed by atoms with Crippen molar-refractivity contribution in [2.75, 3.05) is 12.4 Å². The maximum absolute atomic E-state index is 12.2. The van der Waals surface area contributed by atoms with Crippen molar-refractivity contribution >= 4 is 44.7 Å². The first-order valence-corrected chi connectivity index (χ1v) is 9.70. The molecule has 0 aliphatic carbocycles. The van der Waals surface area contributed by atoms with Gasteiger partial charge in [0.2, 0.25) is 11.8 Å². The number of rotatable bonds is 5. The van der Waals surface area contributed by atoms with Crippen LogP contribution in [0.1, 0.15) is 5.56 Å². The molecule has 0 spiro atoms. The Kier molecular flexibility index (Phi) is 5.44. The normalized spacial score (nSPS) is 11.1. The van der Waals surface area contributed by atoms with E-state index in [2.05, 4.69) is 26.2 Å². The van der Waals surface area contributed by atoms with Gasteiger partial charge in [-0.25, -0.2) is 4.98 Å². The zero-order chi connectivity index (χ0) is 20.2. The SMILES string of the molecule is COc1ccc(-c2nc3cc(NC(=O)/C=C/c4ccc(Br)cc4)ccc3o2)cc1. The monoisotopic (exact) mass is 448 g/mol. The van der Waals surface area contributed by atoms with Crippen molar-refractivity contribution in [3.8, 4) is 17.2 Å². The van der Waals surface area contributed by atoms with Crippen LogP contribution in [0.25, 0.3) is 28.6 Å². The van der Waals surface area contributed by atoms with Crippen molar-refractivity contribution in [1.29, 1.82) is 0 Å². The van der Waals surface area contributed by atoms with Crippen molar-refractivity contribution < 1.29 is 13.9 Å². The summed E-state index contributed by atoms with van der Waals surface area (Å²) in [6.45, 7) is 0. The maximum atomic E-state index is 12.2. The average Bonchev–Trinajstić information content (AvgIpc) is 3.17. The number of ether oxygens (including phenoxy) is 1. The topological polar surface area (TPSA) is 64.4 Å². The fraction of sp³-hybridized carbons (Fsp3) is 0.0435. The Labute approximate surface area is 176 Å². The van der Waals surface area contributed by atoms with Gasteiger partial charge >= 0.3 is 0 Å². The summed E-state index contributed by atoms with van der Waals surface area (Å²) >= 11 is 3.39. The molecule has 4 rings (SSSR count). The maximum Gasteiger partial charge on any atom is 0.248 e. The third-order valence-electron chi connectivity index (χ3n) is 4.29. The summed E-state index contributed by atoms with van der Waals surface area (Å²) in [6.07, 6.45) is 3.26. The molecule has 0 bridgehead atoms. The van der Waals surface area contributed by atoms with Crippen LogP contribution >= 0.6 is 15.9 Å². The van der Waals surface area contributed by atoms with E-state index in [0.29, 0.717) is 22.7 Å². The largest absolute Gasteiger partial charge is 0.497 e. The van der Waals surface area contributed by atoms with E-state index in [1.807, 2.05) is 48.5 Å². The second-order valence-electron chi connectivity index (χ2n) is 6.30. The van der Waals surface area contributed by atoms with Gasteiger partial charge in [-0.3, -0.25) is 4.79 Å². The first-order valence-electron chi connectivity index (χ1n) is 8.90. The van der Waals surface area contributed by atoms with Gasteiger partial charge < -0.3 is 14.5 Å². The van der Waals surface area contributed by atoms with Gasteiger partial charge in [0.25, 0.3) is 0 Å². The van der Waals surface area contributed by atoms with E-state index in [9.17, 15) is 4.79 Å². The van der Waals surface area contributed by atoms with Gasteiger partial charge in [-0.1, -0.05) is 28.1 Å². The van der Waals surface area contributed by atoms with Crippen molar-refractivity contribution in [3.05, 3.63) is 82.8 Å². The van der Waals surface area contributed by atoms with E-state index >= 15 is 0 Å². The molecule has 1 heterocycles. The van der Waals surface area contributed by atoms with Gasteiger partial charge in [0.15, 0.2) is 5.58 Å². The number of hydrogen-bond acceptors (Lipinski definition) is 4. The Balaban J connectivity index is 1.49. The molecule has 0 fully saturated rings. The van der Waals surface area contributed by atoms with E-state index in [-0.39, 0.29) is 5.91 Å². The van der Waals surface area contributed by atoms with Crippen LogP contribution in [0.2, 0.25) is 0 Å². The minimum Gasteiger partial charge on any atom is -0.497 e. The lowest BCUT2D eigenvalue weighted by Crippen LogP contribution is -2.07. The van der Waals surface area contributed by atoms with Crippen molar-refractivity contribution in [1.82, 2.24) is 4.98 Å². The first kappa shape index (κ1) is 19.0. The highest BCUT2D eigenvalue weighted by molar-refractivity contribution is 9.10. The Morgan fingerprint density at radius 1 is 1.07 bits per heavy atom. The van der Waals surface area contributed by atoms with Crippen LogP contribution in [0.3, 0.4) is 0 Å². The van der Waals surface area contributed by atoms with Crippen LogP contribution in [0, 0.1) is 0 Å².